The first kappa shape index (κ1) is 15.2. The predicted molar refractivity (Wildman–Crippen MR) is 82.3 cm³/mol. The molecule has 1 saturated heterocycles. The minimum atomic E-state index is -0.862. The Kier molecular flexibility index (Phi) is 3.36. The summed E-state index contributed by atoms with van der Waals surface area (Å²) in [4.78, 5) is 14.3. The van der Waals surface area contributed by atoms with Crippen molar-refractivity contribution in [3.8, 4) is 11.5 Å². The minimum absolute atomic E-state index is 0.0849. The van der Waals surface area contributed by atoms with Gasteiger partial charge in [0.15, 0.2) is 11.5 Å². The van der Waals surface area contributed by atoms with Gasteiger partial charge in [-0.15, -0.1) is 0 Å². The molecular formula is C17H23NO4. The van der Waals surface area contributed by atoms with E-state index in [1.165, 1.54) is 0 Å². The molecule has 2 N–H and O–H groups in total. The Labute approximate surface area is 130 Å². The van der Waals surface area contributed by atoms with Crippen LogP contribution < -0.4 is 4.74 Å². The number of carbonyl (C=O) groups is 1. The normalized spacial score (nSPS) is 26.5. The van der Waals surface area contributed by atoms with Crippen LogP contribution in [0.3, 0.4) is 0 Å². The molecule has 0 saturated carbocycles. The number of nitrogens with zero attached hydrogens (tertiary/aromatic N) is 1. The number of fused-ring (bicyclic) bond motifs is 1. The second-order valence-electron chi connectivity index (χ2n) is 7.32. The summed E-state index contributed by atoms with van der Waals surface area (Å²) in [6.07, 6.45) is 2.15. The quantitative estimate of drug-likeness (QED) is 0.833. The van der Waals surface area contributed by atoms with Crippen LogP contribution in [0.5, 0.6) is 11.5 Å². The smallest absolute Gasteiger partial charge is 0.257 e. The Hall–Kier alpha value is -1.75. The van der Waals surface area contributed by atoms with Gasteiger partial charge in [-0.25, -0.2) is 0 Å². The number of likely N-dealkylation sites (tertiary alicyclic amines) is 1. The fraction of sp³-hybridized carbons (Fsp3) is 0.588. The highest BCUT2D eigenvalue weighted by atomic mass is 16.5. The third kappa shape index (κ3) is 2.65. The Morgan fingerprint density at radius 3 is 2.73 bits per heavy atom. The zero-order valence-corrected chi connectivity index (χ0v) is 13.3. The van der Waals surface area contributed by atoms with Crippen molar-refractivity contribution >= 4 is 5.91 Å². The van der Waals surface area contributed by atoms with Crippen LogP contribution >= 0.6 is 0 Å². The number of ether oxygens (including phenoxy) is 1. The molecule has 0 bridgehead atoms. The number of phenols is 1. The van der Waals surface area contributed by atoms with Crippen LogP contribution in [0.25, 0.3) is 0 Å². The van der Waals surface area contributed by atoms with Gasteiger partial charge in [-0.2, -0.15) is 0 Å². The van der Waals surface area contributed by atoms with Crippen LogP contribution in [0.1, 0.15) is 49.5 Å². The highest BCUT2D eigenvalue weighted by Gasteiger charge is 2.36. The van der Waals surface area contributed by atoms with Crippen molar-refractivity contribution in [2.24, 2.45) is 0 Å². The molecule has 1 fully saturated rings. The zero-order valence-electron chi connectivity index (χ0n) is 13.3. The molecule has 5 heteroatoms. The molecule has 1 unspecified atom stereocenters. The Morgan fingerprint density at radius 2 is 2.05 bits per heavy atom. The number of aliphatic hydroxyl groups is 1. The van der Waals surface area contributed by atoms with E-state index in [2.05, 4.69) is 0 Å². The third-order valence-corrected chi connectivity index (χ3v) is 4.40. The lowest BCUT2D eigenvalue weighted by atomic mass is 9.94. The average molecular weight is 305 g/mol. The standard InChI is InChI=1S/C17H23NO4/c1-16(2)9-11-5-6-12(13(19)14(11)22-16)15(20)18-8-4-7-17(3,21)10-18/h5-6,19,21H,4,7-10H2,1-3H3. The van der Waals surface area contributed by atoms with Crippen molar-refractivity contribution in [1.29, 1.82) is 0 Å². The van der Waals surface area contributed by atoms with Gasteiger partial charge in [0, 0.05) is 25.1 Å². The maximum absolute atomic E-state index is 12.7. The molecule has 2 aliphatic heterocycles. The van der Waals surface area contributed by atoms with E-state index in [0.29, 0.717) is 25.1 Å². The van der Waals surface area contributed by atoms with E-state index in [4.69, 9.17) is 4.74 Å². The van der Waals surface area contributed by atoms with E-state index >= 15 is 0 Å². The van der Waals surface area contributed by atoms with Crippen LogP contribution in [0.4, 0.5) is 0 Å². The number of aromatic hydroxyl groups is 1. The van der Waals surface area contributed by atoms with Crippen LogP contribution in [0, 0.1) is 0 Å². The van der Waals surface area contributed by atoms with Gasteiger partial charge in [0.2, 0.25) is 0 Å². The van der Waals surface area contributed by atoms with Gasteiger partial charge in [-0.1, -0.05) is 6.07 Å². The number of carbonyl (C=O) groups excluding carboxylic acids is 1. The molecule has 1 amide bonds. The predicted octanol–water partition coefficient (Wildman–Crippen LogP) is 2.09. The number of rotatable bonds is 1. The van der Waals surface area contributed by atoms with Crippen molar-refractivity contribution in [2.75, 3.05) is 13.1 Å². The molecule has 0 aromatic heterocycles. The summed E-state index contributed by atoms with van der Waals surface area (Å²) < 4.78 is 5.77. The molecule has 2 aliphatic rings. The van der Waals surface area contributed by atoms with Gasteiger partial charge < -0.3 is 19.8 Å². The van der Waals surface area contributed by atoms with E-state index in [0.717, 1.165) is 12.0 Å². The monoisotopic (exact) mass is 305 g/mol. The lowest BCUT2D eigenvalue weighted by Gasteiger charge is -2.37. The summed E-state index contributed by atoms with van der Waals surface area (Å²) in [5.41, 5.74) is -0.0616. The third-order valence-electron chi connectivity index (χ3n) is 4.40. The molecule has 120 valence electrons. The molecule has 0 spiro atoms. The summed E-state index contributed by atoms with van der Waals surface area (Å²) >= 11 is 0. The van der Waals surface area contributed by atoms with Gasteiger partial charge >= 0.3 is 0 Å². The second-order valence-corrected chi connectivity index (χ2v) is 7.32. The molecule has 2 heterocycles. The SMILES string of the molecule is CC1(O)CCCN(C(=O)c2ccc3c(c2O)OC(C)(C)C3)C1. The van der Waals surface area contributed by atoms with Gasteiger partial charge in [0.25, 0.3) is 5.91 Å². The van der Waals surface area contributed by atoms with Gasteiger partial charge in [-0.05, 0) is 39.7 Å². The number of hydrogen-bond acceptors (Lipinski definition) is 4. The average Bonchev–Trinajstić information content (AvgIpc) is 2.73. The number of phenolic OH excluding ortho intramolecular Hbond substituents is 1. The van der Waals surface area contributed by atoms with Crippen molar-refractivity contribution in [3.05, 3.63) is 23.3 Å². The maximum Gasteiger partial charge on any atom is 0.257 e. The number of amides is 1. The lowest BCUT2D eigenvalue weighted by molar-refractivity contribution is -0.0108. The second kappa shape index (κ2) is 4.88. The highest BCUT2D eigenvalue weighted by Crippen LogP contribution is 2.43. The minimum Gasteiger partial charge on any atom is -0.504 e. The summed E-state index contributed by atoms with van der Waals surface area (Å²) in [7, 11) is 0. The summed E-state index contributed by atoms with van der Waals surface area (Å²) in [5, 5.41) is 20.6. The molecular weight excluding hydrogens is 282 g/mol. The molecule has 22 heavy (non-hydrogen) atoms. The number of hydrogen-bond donors (Lipinski definition) is 2. The molecule has 1 aromatic rings. The topological polar surface area (TPSA) is 70.0 Å². The summed E-state index contributed by atoms with van der Waals surface area (Å²) in [6, 6.07) is 3.50. The molecule has 0 aliphatic carbocycles. The van der Waals surface area contributed by atoms with E-state index in [-0.39, 0.29) is 29.4 Å². The van der Waals surface area contributed by atoms with Crippen molar-refractivity contribution < 1.29 is 19.7 Å². The van der Waals surface area contributed by atoms with Crippen molar-refractivity contribution in [3.63, 3.8) is 0 Å². The van der Waals surface area contributed by atoms with Gasteiger partial charge in [0.05, 0.1) is 11.2 Å². The first-order valence-electron chi connectivity index (χ1n) is 7.74. The van der Waals surface area contributed by atoms with E-state index in [1.54, 1.807) is 17.9 Å². The first-order valence-corrected chi connectivity index (χ1v) is 7.74. The molecule has 1 atom stereocenters. The lowest BCUT2D eigenvalue weighted by Crippen LogP contribution is -2.48. The van der Waals surface area contributed by atoms with Crippen LogP contribution in [-0.2, 0) is 6.42 Å². The Bertz CT molecular complexity index is 621. The van der Waals surface area contributed by atoms with E-state index < -0.39 is 5.60 Å². The number of piperidine rings is 1. The van der Waals surface area contributed by atoms with Gasteiger partial charge in [0.1, 0.15) is 5.60 Å². The summed E-state index contributed by atoms with van der Waals surface area (Å²) in [5.74, 6) is 0.0755. The number of benzene rings is 1. The fourth-order valence-corrected chi connectivity index (χ4v) is 3.37. The Morgan fingerprint density at radius 1 is 1.32 bits per heavy atom. The van der Waals surface area contributed by atoms with Crippen molar-refractivity contribution in [1.82, 2.24) is 4.90 Å². The number of β-amino-alcohol motifs (C(OH)–C–C–N with tert-alkyl or cyclic N) is 1. The van der Waals surface area contributed by atoms with Crippen LogP contribution in [-0.4, -0.2) is 45.3 Å². The fourth-order valence-electron chi connectivity index (χ4n) is 3.37. The van der Waals surface area contributed by atoms with Crippen LogP contribution in [0.15, 0.2) is 12.1 Å². The highest BCUT2D eigenvalue weighted by molar-refractivity contribution is 5.98. The van der Waals surface area contributed by atoms with Crippen LogP contribution in [0.2, 0.25) is 0 Å². The Balaban J connectivity index is 1.89. The molecule has 0 radical (unpaired) electrons. The maximum atomic E-state index is 12.7. The molecule has 1 aromatic carbocycles. The zero-order chi connectivity index (χ0) is 16.1. The largest absolute Gasteiger partial charge is 0.504 e. The molecule has 3 rings (SSSR count). The van der Waals surface area contributed by atoms with E-state index in [9.17, 15) is 15.0 Å². The van der Waals surface area contributed by atoms with Gasteiger partial charge in [-0.3, -0.25) is 4.79 Å². The van der Waals surface area contributed by atoms with Crippen molar-refractivity contribution in [2.45, 2.75) is 51.2 Å². The van der Waals surface area contributed by atoms with E-state index in [1.807, 2.05) is 19.9 Å². The first-order chi connectivity index (χ1) is 10.2. The molecule has 5 nitrogen and oxygen atoms in total. The summed E-state index contributed by atoms with van der Waals surface area (Å²) in [6.45, 7) is 6.53.